The molecule has 2 amide bonds. The molecule has 0 saturated carbocycles. The number of carbonyl (C=O) groups excluding carboxylic acids is 2. The van der Waals surface area contributed by atoms with Gasteiger partial charge in [0.1, 0.15) is 11.6 Å². The van der Waals surface area contributed by atoms with Gasteiger partial charge in [0.25, 0.3) is 0 Å². The molecule has 0 unspecified atom stereocenters. The van der Waals surface area contributed by atoms with Gasteiger partial charge < -0.3 is 15.4 Å². The maximum Gasteiger partial charge on any atom is 0.408 e. The summed E-state index contributed by atoms with van der Waals surface area (Å²) in [4.78, 5) is 23.8. The molecule has 0 aliphatic rings. The van der Waals surface area contributed by atoms with Crippen molar-refractivity contribution in [2.24, 2.45) is 0 Å². The molecule has 0 saturated heterocycles. The molecule has 0 bridgehead atoms. The van der Waals surface area contributed by atoms with Gasteiger partial charge in [0.05, 0.1) is 0 Å². The van der Waals surface area contributed by atoms with Crippen LogP contribution in [0.4, 0.5) is 4.79 Å². The number of benzene rings is 1. The van der Waals surface area contributed by atoms with Crippen LogP contribution in [0.5, 0.6) is 0 Å². The highest BCUT2D eigenvalue weighted by atomic mass is 16.6. The van der Waals surface area contributed by atoms with E-state index in [0.29, 0.717) is 13.0 Å². The molecule has 116 valence electrons. The van der Waals surface area contributed by atoms with Gasteiger partial charge in [0, 0.05) is 6.54 Å². The van der Waals surface area contributed by atoms with Crippen LogP contribution in [0.25, 0.3) is 0 Å². The largest absolute Gasteiger partial charge is 0.444 e. The SMILES string of the molecule is CC[C@H](NC(=O)OC(C)(C)C)C(=O)NCc1ccccc1. The Hall–Kier alpha value is -2.04. The number of carbonyl (C=O) groups is 2. The summed E-state index contributed by atoms with van der Waals surface area (Å²) < 4.78 is 5.15. The topological polar surface area (TPSA) is 67.4 Å². The Labute approximate surface area is 126 Å². The van der Waals surface area contributed by atoms with Crippen LogP contribution in [0.15, 0.2) is 30.3 Å². The second kappa shape index (κ2) is 7.67. The fourth-order valence-electron chi connectivity index (χ4n) is 1.71. The molecule has 1 rings (SSSR count). The maximum absolute atomic E-state index is 12.1. The van der Waals surface area contributed by atoms with Gasteiger partial charge in [-0.3, -0.25) is 4.79 Å². The lowest BCUT2D eigenvalue weighted by atomic mass is 10.2. The third kappa shape index (κ3) is 6.79. The molecule has 2 N–H and O–H groups in total. The molecule has 1 aromatic rings. The average Bonchev–Trinajstić information content (AvgIpc) is 2.41. The first-order chi connectivity index (χ1) is 9.81. The number of hydrogen-bond donors (Lipinski definition) is 2. The number of ether oxygens (including phenoxy) is 1. The lowest BCUT2D eigenvalue weighted by Gasteiger charge is -2.22. The molecule has 21 heavy (non-hydrogen) atoms. The van der Waals surface area contributed by atoms with Crippen molar-refractivity contribution in [2.75, 3.05) is 0 Å². The van der Waals surface area contributed by atoms with Gasteiger partial charge in [-0.05, 0) is 32.8 Å². The standard InChI is InChI=1S/C16H24N2O3/c1-5-13(18-15(20)21-16(2,3)4)14(19)17-11-12-9-7-6-8-10-12/h6-10,13H,5,11H2,1-4H3,(H,17,19)(H,18,20)/t13-/m0/s1. The summed E-state index contributed by atoms with van der Waals surface area (Å²) in [6.07, 6.45) is -0.0796. The summed E-state index contributed by atoms with van der Waals surface area (Å²) in [5, 5.41) is 5.40. The van der Waals surface area contributed by atoms with Crippen LogP contribution in [-0.4, -0.2) is 23.6 Å². The molecule has 5 nitrogen and oxygen atoms in total. The van der Waals surface area contributed by atoms with Gasteiger partial charge in [0.2, 0.25) is 5.91 Å². The zero-order valence-electron chi connectivity index (χ0n) is 13.1. The van der Waals surface area contributed by atoms with Crippen LogP contribution in [-0.2, 0) is 16.1 Å². The van der Waals surface area contributed by atoms with E-state index in [9.17, 15) is 9.59 Å². The van der Waals surface area contributed by atoms with Crippen LogP contribution in [0.1, 0.15) is 39.7 Å². The minimum Gasteiger partial charge on any atom is -0.444 e. The minimum atomic E-state index is -0.594. The normalized spacial score (nSPS) is 12.4. The van der Waals surface area contributed by atoms with Crippen molar-refractivity contribution in [1.82, 2.24) is 10.6 Å². The monoisotopic (exact) mass is 292 g/mol. The van der Waals surface area contributed by atoms with Crippen molar-refractivity contribution in [3.63, 3.8) is 0 Å². The van der Waals surface area contributed by atoms with E-state index < -0.39 is 17.7 Å². The van der Waals surface area contributed by atoms with E-state index in [1.165, 1.54) is 0 Å². The number of rotatable bonds is 5. The predicted octanol–water partition coefficient (Wildman–Crippen LogP) is 2.61. The van der Waals surface area contributed by atoms with Crippen molar-refractivity contribution in [1.29, 1.82) is 0 Å². The van der Waals surface area contributed by atoms with Gasteiger partial charge in [-0.15, -0.1) is 0 Å². The Morgan fingerprint density at radius 3 is 2.33 bits per heavy atom. The lowest BCUT2D eigenvalue weighted by molar-refractivity contribution is -0.123. The molecule has 1 atom stereocenters. The first kappa shape index (κ1) is 17.0. The predicted molar refractivity (Wildman–Crippen MR) is 81.7 cm³/mol. The van der Waals surface area contributed by atoms with Crippen molar-refractivity contribution < 1.29 is 14.3 Å². The highest BCUT2D eigenvalue weighted by molar-refractivity contribution is 5.85. The zero-order valence-corrected chi connectivity index (χ0v) is 13.1. The summed E-state index contributed by atoms with van der Waals surface area (Å²) in [7, 11) is 0. The molecular formula is C16H24N2O3. The Balaban J connectivity index is 2.48. The van der Waals surface area contributed by atoms with E-state index in [1.807, 2.05) is 37.3 Å². The summed E-state index contributed by atoms with van der Waals surface area (Å²) in [6, 6.07) is 9.02. The Kier molecular flexibility index (Phi) is 6.21. The van der Waals surface area contributed by atoms with Gasteiger partial charge >= 0.3 is 6.09 Å². The molecule has 0 fully saturated rings. The maximum atomic E-state index is 12.1. The fourth-order valence-corrected chi connectivity index (χ4v) is 1.71. The fraction of sp³-hybridized carbons (Fsp3) is 0.500. The average molecular weight is 292 g/mol. The summed E-state index contributed by atoms with van der Waals surface area (Å²) in [6.45, 7) is 7.62. The highest BCUT2D eigenvalue weighted by Gasteiger charge is 2.22. The highest BCUT2D eigenvalue weighted by Crippen LogP contribution is 2.07. The van der Waals surface area contributed by atoms with Crippen molar-refractivity contribution in [2.45, 2.75) is 52.3 Å². The smallest absolute Gasteiger partial charge is 0.408 e. The summed E-state index contributed by atoms with van der Waals surface area (Å²) in [5.74, 6) is -0.216. The molecule has 5 heteroatoms. The molecule has 0 heterocycles. The third-order valence-corrected chi connectivity index (χ3v) is 2.73. The van der Waals surface area contributed by atoms with Crippen molar-refractivity contribution in [3.8, 4) is 0 Å². The molecule has 1 aromatic carbocycles. The lowest BCUT2D eigenvalue weighted by Crippen LogP contribution is -2.47. The first-order valence-electron chi connectivity index (χ1n) is 7.13. The molecule has 0 aliphatic carbocycles. The minimum absolute atomic E-state index is 0.216. The van der Waals surface area contributed by atoms with E-state index in [1.54, 1.807) is 20.8 Å². The van der Waals surface area contributed by atoms with E-state index in [2.05, 4.69) is 10.6 Å². The first-order valence-corrected chi connectivity index (χ1v) is 7.13. The molecule has 0 radical (unpaired) electrons. The van der Waals surface area contributed by atoms with E-state index >= 15 is 0 Å². The Morgan fingerprint density at radius 2 is 1.81 bits per heavy atom. The quantitative estimate of drug-likeness (QED) is 0.876. The second-order valence-corrected chi connectivity index (χ2v) is 5.81. The zero-order chi connectivity index (χ0) is 15.9. The Bertz CT molecular complexity index is 466. The van der Waals surface area contributed by atoms with Crippen LogP contribution < -0.4 is 10.6 Å². The molecule has 0 aliphatic heterocycles. The third-order valence-electron chi connectivity index (χ3n) is 2.73. The summed E-state index contributed by atoms with van der Waals surface area (Å²) >= 11 is 0. The van der Waals surface area contributed by atoms with Gasteiger partial charge in [0.15, 0.2) is 0 Å². The van der Waals surface area contributed by atoms with Crippen molar-refractivity contribution >= 4 is 12.0 Å². The van der Waals surface area contributed by atoms with Crippen LogP contribution in [0.3, 0.4) is 0 Å². The Morgan fingerprint density at radius 1 is 1.19 bits per heavy atom. The van der Waals surface area contributed by atoms with Gasteiger partial charge in [-0.1, -0.05) is 37.3 Å². The van der Waals surface area contributed by atoms with Gasteiger partial charge in [-0.2, -0.15) is 0 Å². The summed E-state index contributed by atoms with van der Waals surface area (Å²) in [5.41, 5.74) is 0.432. The van der Waals surface area contributed by atoms with E-state index in [4.69, 9.17) is 4.74 Å². The van der Waals surface area contributed by atoms with Crippen molar-refractivity contribution in [3.05, 3.63) is 35.9 Å². The molecular weight excluding hydrogens is 268 g/mol. The molecule has 0 spiro atoms. The number of amides is 2. The van der Waals surface area contributed by atoms with E-state index in [-0.39, 0.29) is 5.91 Å². The van der Waals surface area contributed by atoms with Crippen LogP contribution >= 0.6 is 0 Å². The molecule has 0 aromatic heterocycles. The van der Waals surface area contributed by atoms with Crippen LogP contribution in [0.2, 0.25) is 0 Å². The number of nitrogens with one attached hydrogen (secondary N) is 2. The number of alkyl carbamates (subject to hydrolysis) is 1. The second-order valence-electron chi connectivity index (χ2n) is 5.81. The van der Waals surface area contributed by atoms with Crippen LogP contribution in [0, 0.1) is 0 Å². The van der Waals surface area contributed by atoms with E-state index in [0.717, 1.165) is 5.56 Å². The van der Waals surface area contributed by atoms with Gasteiger partial charge in [-0.25, -0.2) is 4.79 Å². The number of hydrogen-bond acceptors (Lipinski definition) is 3.